The molecule has 0 saturated heterocycles. The molecule has 4 nitrogen and oxygen atoms in total. The van der Waals surface area contributed by atoms with E-state index in [1.165, 1.54) is 0 Å². The van der Waals surface area contributed by atoms with Crippen LogP contribution < -0.4 is 5.32 Å². The molecule has 2 atom stereocenters. The van der Waals surface area contributed by atoms with Crippen molar-refractivity contribution in [3.8, 4) is 0 Å². The highest BCUT2D eigenvalue weighted by Crippen LogP contribution is 2.44. The van der Waals surface area contributed by atoms with Crippen LogP contribution >= 0.6 is 11.3 Å². The van der Waals surface area contributed by atoms with Gasteiger partial charge in [-0.25, -0.2) is 0 Å². The lowest BCUT2D eigenvalue weighted by molar-refractivity contribution is -0.119. The van der Waals surface area contributed by atoms with Crippen LogP contribution in [0.25, 0.3) is 0 Å². The molecule has 3 aromatic rings. The fraction of sp³-hybridized carbons (Fsp3) is 0.280. The summed E-state index contributed by atoms with van der Waals surface area (Å²) >= 11 is 1.59. The number of rotatable bonds is 5. The SMILES string of the molecule is Cc1ccc(NC(=O)C2c3ccccc3C(=O)N(CC(C)C)C2c2cccs2)cc1. The van der Waals surface area contributed by atoms with Gasteiger partial charge in [0.1, 0.15) is 0 Å². The predicted molar refractivity (Wildman–Crippen MR) is 122 cm³/mol. The molecule has 0 saturated carbocycles. The number of amides is 2. The van der Waals surface area contributed by atoms with Crippen LogP contribution in [-0.2, 0) is 4.79 Å². The third kappa shape index (κ3) is 3.90. The molecule has 2 unspecified atom stereocenters. The van der Waals surface area contributed by atoms with E-state index in [9.17, 15) is 9.59 Å². The van der Waals surface area contributed by atoms with Crippen molar-refractivity contribution in [2.45, 2.75) is 32.7 Å². The molecule has 2 heterocycles. The molecule has 4 rings (SSSR count). The maximum absolute atomic E-state index is 13.6. The summed E-state index contributed by atoms with van der Waals surface area (Å²) in [6.07, 6.45) is 0. The molecular weight excluding hydrogens is 392 g/mol. The van der Waals surface area contributed by atoms with Gasteiger partial charge in [-0.2, -0.15) is 0 Å². The largest absolute Gasteiger partial charge is 0.329 e. The van der Waals surface area contributed by atoms with Crippen LogP contribution in [0.5, 0.6) is 0 Å². The number of thiophene rings is 1. The smallest absolute Gasteiger partial charge is 0.254 e. The molecule has 0 bridgehead atoms. The van der Waals surface area contributed by atoms with E-state index in [0.717, 1.165) is 21.7 Å². The number of benzene rings is 2. The highest BCUT2D eigenvalue weighted by Gasteiger charge is 2.44. The Hall–Kier alpha value is -2.92. The first kappa shape index (κ1) is 20.4. The monoisotopic (exact) mass is 418 g/mol. The van der Waals surface area contributed by atoms with Gasteiger partial charge in [0.05, 0.1) is 12.0 Å². The summed E-state index contributed by atoms with van der Waals surface area (Å²) in [5.41, 5.74) is 3.32. The molecule has 1 aliphatic rings. The summed E-state index contributed by atoms with van der Waals surface area (Å²) in [6.45, 7) is 6.82. The third-order valence-electron chi connectivity index (χ3n) is 5.44. The van der Waals surface area contributed by atoms with Crippen LogP contribution in [0.4, 0.5) is 5.69 Å². The maximum Gasteiger partial charge on any atom is 0.254 e. The van der Waals surface area contributed by atoms with Crippen molar-refractivity contribution in [2.24, 2.45) is 5.92 Å². The lowest BCUT2D eigenvalue weighted by Gasteiger charge is -2.42. The first-order valence-electron chi connectivity index (χ1n) is 10.3. The van der Waals surface area contributed by atoms with Crippen LogP contribution in [0.15, 0.2) is 66.0 Å². The van der Waals surface area contributed by atoms with Crippen molar-refractivity contribution in [1.82, 2.24) is 4.90 Å². The molecule has 0 aliphatic carbocycles. The number of fused-ring (bicyclic) bond motifs is 1. The normalized spacial score (nSPS) is 18.4. The van der Waals surface area contributed by atoms with Crippen molar-refractivity contribution in [3.05, 3.63) is 87.6 Å². The summed E-state index contributed by atoms with van der Waals surface area (Å²) < 4.78 is 0. The molecular formula is C25H26N2O2S. The Bertz CT molecular complexity index is 1040. The Morgan fingerprint density at radius 3 is 2.47 bits per heavy atom. The van der Waals surface area contributed by atoms with E-state index >= 15 is 0 Å². The van der Waals surface area contributed by atoms with Gasteiger partial charge in [-0.3, -0.25) is 9.59 Å². The summed E-state index contributed by atoms with van der Waals surface area (Å²) in [4.78, 5) is 30.0. The first-order chi connectivity index (χ1) is 14.5. The zero-order chi connectivity index (χ0) is 21.3. The van der Waals surface area contributed by atoms with Crippen molar-refractivity contribution in [1.29, 1.82) is 0 Å². The van der Waals surface area contributed by atoms with Crippen molar-refractivity contribution >= 4 is 28.8 Å². The van der Waals surface area contributed by atoms with E-state index in [1.807, 2.05) is 77.9 Å². The summed E-state index contributed by atoms with van der Waals surface area (Å²) in [5.74, 6) is -0.275. The predicted octanol–water partition coefficient (Wildman–Crippen LogP) is 5.63. The average molecular weight is 419 g/mol. The van der Waals surface area contributed by atoms with Gasteiger partial charge in [0.25, 0.3) is 5.91 Å². The molecule has 154 valence electrons. The number of aryl methyl sites for hydroxylation is 1. The number of hydrogen-bond donors (Lipinski definition) is 1. The van der Waals surface area contributed by atoms with Gasteiger partial charge in [-0.1, -0.05) is 55.8 Å². The second-order valence-corrected chi connectivity index (χ2v) is 9.21. The number of nitrogens with zero attached hydrogens (tertiary/aromatic N) is 1. The Balaban J connectivity index is 1.80. The summed E-state index contributed by atoms with van der Waals surface area (Å²) in [6, 6.07) is 19.0. The minimum Gasteiger partial charge on any atom is -0.329 e. The summed E-state index contributed by atoms with van der Waals surface area (Å²) in [7, 11) is 0. The molecule has 0 fully saturated rings. The second kappa shape index (κ2) is 8.44. The minimum atomic E-state index is -0.474. The van der Waals surface area contributed by atoms with Crippen LogP contribution in [0.1, 0.15) is 52.2 Å². The Labute approximate surface area is 181 Å². The van der Waals surface area contributed by atoms with Gasteiger partial charge in [0.2, 0.25) is 5.91 Å². The van der Waals surface area contributed by atoms with E-state index in [-0.39, 0.29) is 17.9 Å². The molecule has 5 heteroatoms. The summed E-state index contributed by atoms with van der Waals surface area (Å²) in [5, 5.41) is 5.09. The highest BCUT2D eigenvalue weighted by molar-refractivity contribution is 7.10. The Morgan fingerprint density at radius 2 is 1.80 bits per heavy atom. The van der Waals surface area contributed by atoms with Crippen LogP contribution in [0, 0.1) is 12.8 Å². The van der Waals surface area contributed by atoms with Crippen molar-refractivity contribution < 1.29 is 9.59 Å². The fourth-order valence-corrected chi connectivity index (χ4v) is 4.98. The van der Waals surface area contributed by atoms with E-state index in [4.69, 9.17) is 0 Å². The molecule has 30 heavy (non-hydrogen) atoms. The number of nitrogens with one attached hydrogen (secondary N) is 1. The van der Waals surface area contributed by atoms with Crippen LogP contribution in [0.3, 0.4) is 0 Å². The van der Waals surface area contributed by atoms with Crippen LogP contribution in [-0.4, -0.2) is 23.3 Å². The number of anilines is 1. The second-order valence-electron chi connectivity index (χ2n) is 8.23. The number of hydrogen-bond acceptors (Lipinski definition) is 3. The molecule has 0 radical (unpaired) electrons. The zero-order valence-electron chi connectivity index (χ0n) is 17.5. The molecule has 1 aromatic heterocycles. The molecule has 1 N–H and O–H groups in total. The minimum absolute atomic E-state index is 0.00270. The molecule has 1 aliphatic heterocycles. The number of carbonyl (C=O) groups excluding carboxylic acids is 2. The van der Waals surface area contributed by atoms with Gasteiger partial charge in [0.15, 0.2) is 0 Å². The lowest BCUT2D eigenvalue weighted by Crippen LogP contribution is -2.47. The van der Waals surface area contributed by atoms with Crippen LogP contribution in [0.2, 0.25) is 0 Å². The highest BCUT2D eigenvalue weighted by atomic mass is 32.1. The van der Waals surface area contributed by atoms with Gasteiger partial charge in [-0.05, 0) is 48.1 Å². The Morgan fingerprint density at radius 1 is 1.07 bits per heavy atom. The van der Waals surface area contributed by atoms with E-state index in [0.29, 0.717) is 18.0 Å². The maximum atomic E-state index is 13.6. The topological polar surface area (TPSA) is 49.4 Å². The van der Waals surface area contributed by atoms with Crippen molar-refractivity contribution in [3.63, 3.8) is 0 Å². The number of carbonyl (C=O) groups is 2. The van der Waals surface area contributed by atoms with Gasteiger partial charge in [-0.15, -0.1) is 11.3 Å². The molecule has 2 amide bonds. The standard InChI is InChI=1S/C25H26N2O2S/c1-16(2)15-27-23(21-9-6-14-30-21)22(19-7-4-5-8-20(19)25(27)29)24(28)26-18-12-10-17(3)11-13-18/h4-14,16,22-23H,15H2,1-3H3,(H,26,28). The lowest BCUT2D eigenvalue weighted by atomic mass is 9.81. The quantitative estimate of drug-likeness (QED) is 0.584. The molecule has 0 spiro atoms. The fourth-order valence-electron chi connectivity index (χ4n) is 4.10. The van der Waals surface area contributed by atoms with E-state index in [2.05, 4.69) is 19.2 Å². The van der Waals surface area contributed by atoms with Gasteiger partial charge < -0.3 is 10.2 Å². The Kier molecular flexibility index (Phi) is 5.73. The van der Waals surface area contributed by atoms with Crippen molar-refractivity contribution in [2.75, 3.05) is 11.9 Å². The first-order valence-corrected chi connectivity index (χ1v) is 11.1. The van der Waals surface area contributed by atoms with Gasteiger partial charge in [0, 0.05) is 22.7 Å². The zero-order valence-corrected chi connectivity index (χ0v) is 18.3. The third-order valence-corrected chi connectivity index (χ3v) is 6.38. The average Bonchev–Trinajstić information content (AvgIpc) is 3.25. The van der Waals surface area contributed by atoms with E-state index in [1.54, 1.807) is 11.3 Å². The van der Waals surface area contributed by atoms with Gasteiger partial charge >= 0.3 is 0 Å². The van der Waals surface area contributed by atoms with E-state index < -0.39 is 5.92 Å². The molecule has 2 aromatic carbocycles.